The highest BCUT2D eigenvalue weighted by atomic mass is 16.5. The third-order valence-corrected chi connectivity index (χ3v) is 3.74. The van der Waals surface area contributed by atoms with E-state index in [4.69, 9.17) is 4.74 Å². The molecule has 1 aromatic carbocycles. The topological polar surface area (TPSA) is 26.3 Å². The van der Waals surface area contributed by atoms with Crippen molar-refractivity contribution >= 4 is 5.97 Å². The molecule has 0 saturated carbocycles. The van der Waals surface area contributed by atoms with E-state index >= 15 is 0 Å². The van der Waals surface area contributed by atoms with E-state index in [-0.39, 0.29) is 5.97 Å². The van der Waals surface area contributed by atoms with Crippen LogP contribution >= 0.6 is 0 Å². The first kappa shape index (κ1) is 17.7. The van der Waals surface area contributed by atoms with E-state index in [1.807, 2.05) is 31.2 Å². The zero-order valence-electron chi connectivity index (χ0n) is 13.7. The van der Waals surface area contributed by atoms with Gasteiger partial charge in [-0.05, 0) is 25.5 Å². The number of benzene rings is 1. The number of ether oxygens (including phenoxy) is 1. The largest absolute Gasteiger partial charge is 0.427 e. The van der Waals surface area contributed by atoms with Gasteiger partial charge in [0, 0.05) is 6.42 Å². The predicted octanol–water partition coefficient (Wildman–Crippen LogP) is 5.82. The van der Waals surface area contributed by atoms with Gasteiger partial charge in [-0.3, -0.25) is 4.79 Å². The van der Waals surface area contributed by atoms with E-state index < -0.39 is 0 Å². The lowest BCUT2D eigenvalue weighted by molar-refractivity contribution is -0.134. The Labute approximate surface area is 129 Å². The molecule has 0 aliphatic heterocycles. The van der Waals surface area contributed by atoms with Gasteiger partial charge in [0.05, 0.1) is 0 Å². The first-order valence-electron chi connectivity index (χ1n) is 8.49. The minimum Gasteiger partial charge on any atom is -0.427 e. The van der Waals surface area contributed by atoms with E-state index in [0.29, 0.717) is 12.2 Å². The second-order valence-corrected chi connectivity index (χ2v) is 5.87. The van der Waals surface area contributed by atoms with E-state index in [0.717, 1.165) is 12.8 Å². The molecule has 0 amide bonds. The van der Waals surface area contributed by atoms with Gasteiger partial charge in [0.25, 0.3) is 0 Å². The van der Waals surface area contributed by atoms with Crippen molar-refractivity contribution in [1.29, 1.82) is 0 Å². The molecule has 0 heterocycles. The van der Waals surface area contributed by atoms with Gasteiger partial charge >= 0.3 is 5.97 Å². The molecule has 1 rings (SSSR count). The van der Waals surface area contributed by atoms with Crippen LogP contribution in [0.1, 0.15) is 76.7 Å². The summed E-state index contributed by atoms with van der Waals surface area (Å²) < 4.78 is 5.30. The Hall–Kier alpha value is -1.31. The average molecular weight is 290 g/mol. The Bertz CT molecular complexity index is 381. The minimum absolute atomic E-state index is 0.109. The smallest absolute Gasteiger partial charge is 0.311 e. The van der Waals surface area contributed by atoms with Gasteiger partial charge < -0.3 is 4.74 Å². The molecule has 0 aliphatic carbocycles. The molecule has 0 saturated heterocycles. The number of carbonyl (C=O) groups excluding carboxylic acids is 1. The van der Waals surface area contributed by atoms with Gasteiger partial charge in [-0.1, -0.05) is 76.0 Å². The Balaban J connectivity index is 1.97. The molecule has 21 heavy (non-hydrogen) atoms. The van der Waals surface area contributed by atoms with Crippen molar-refractivity contribution in [3.05, 3.63) is 29.8 Å². The summed E-state index contributed by atoms with van der Waals surface area (Å²) in [5.41, 5.74) is 1.17. The zero-order valence-corrected chi connectivity index (χ0v) is 13.7. The monoisotopic (exact) mass is 290 g/mol. The number of hydrogen-bond donors (Lipinski definition) is 0. The molecular weight excluding hydrogens is 260 g/mol. The second kappa shape index (κ2) is 11.4. The average Bonchev–Trinajstić information content (AvgIpc) is 2.48. The summed E-state index contributed by atoms with van der Waals surface area (Å²) in [5, 5.41) is 0. The van der Waals surface area contributed by atoms with Crippen LogP contribution in [-0.2, 0) is 4.79 Å². The number of esters is 1. The standard InChI is InChI=1S/C19H30O2/c1-3-4-5-6-7-8-9-10-11-12-19(20)21-18-15-13-17(2)14-16-18/h13-16H,3-12H2,1-2H3. The normalized spacial score (nSPS) is 10.6. The lowest BCUT2D eigenvalue weighted by Crippen LogP contribution is -2.07. The molecular formula is C19H30O2. The molecule has 1 aromatic rings. The first-order chi connectivity index (χ1) is 10.2. The van der Waals surface area contributed by atoms with Gasteiger partial charge in [0.15, 0.2) is 0 Å². The number of aryl methyl sites for hydroxylation is 1. The molecule has 0 fully saturated rings. The molecule has 0 unspecified atom stereocenters. The minimum atomic E-state index is -0.109. The maximum atomic E-state index is 11.7. The summed E-state index contributed by atoms with van der Waals surface area (Å²) in [7, 11) is 0. The van der Waals surface area contributed by atoms with E-state index in [1.54, 1.807) is 0 Å². The Morgan fingerprint density at radius 2 is 1.38 bits per heavy atom. The van der Waals surface area contributed by atoms with E-state index in [9.17, 15) is 4.79 Å². The molecule has 0 radical (unpaired) electrons. The van der Waals surface area contributed by atoms with Gasteiger partial charge in [-0.25, -0.2) is 0 Å². The summed E-state index contributed by atoms with van der Waals surface area (Å²) >= 11 is 0. The van der Waals surface area contributed by atoms with Crippen molar-refractivity contribution in [1.82, 2.24) is 0 Å². The van der Waals surface area contributed by atoms with E-state index in [2.05, 4.69) is 6.92 Å². The van der Waals surface area contributed by atoms with Crippen molar-refractivity contribution in [3.63, 3.8) is 0 Å². The van der Waals surface area contributed by atoms with Crippen LogP contribution in [-0.4, -0.2) is 5.97 Å². The van der Waals surface area contributed by atoms with Crippen LogP contribution in [0.4, 0.5) is 0 Å². The highest BCUT2D eigenvalue weighted by Gasteiger charge is 2.04. The van der Waals surface area contributed by atoms with Crippen LogP contribution in [0, 0.1) is 6.92 Å². The van der Waals surface area contributed by atoms with Crippen LogP contribution in [0.2, 0.25) is 0 Å². The summed E-state index contributed by atoms with van der Waals surface area (Å²) in [4.78, 5) is 11.7. The predicted molar refractivity (Wildman–Crippen MR) is 88.7 cm³/mol. The maximum absolute atomic E-state index is 11.7. The van der Waals surface area contributed by atoms with Crippen molar-refractivity contribution < 1.29 is 9.53 Å². The van der Waals surface area contributed by atoms with Gasteiger partial charge in [-0.15, -0.1) is 0 Å². The fraction of sp³-hybridized carbons (Fsp3) is 0.632. The highest BCUT2D eigenvalue weighted by molar-refractivity contribution is 5.72. The summed E-state index contributed by atoms with van der Waals surface area (Å²) in [6, 6.07) is 7.62. The Kier molecular flexibility index (Phi) is 9.60. The lowest BCUT2D eigenvalue weighted by atomic mass is 10.1. The number of carbonyl (C=O) groups is 1. The molecule has 0 atom stereocenters. The SMILES string of the molecule is CCCCCCCCCCCC(=O)Oc1ccc(C)cc1. The molecule has 118 valence electrons. The van der Waals surface area contributed by atoms with Gasteiger partial charge in [0.2, 0.25) is 0 Å². The van der Waals surface area contributed by atoms with Crippen molar-refractivity contribution in [2.45, 2.75) is 78.1 Å². The first-order valence-corrected chi connectivity index (χ1v) is 8.49. The van der Waals surface area contributed by atoms with Crippen LogP contribution < -0.4 is 4.74 Å². The third-order valence-electron chi connectivity index (χ3n) is 3.74. The lowest BCUT2D eigenvalue weighted by Gasteiger charge is -2.05. The quantitative estimate of drug-likeness (QED) is 0.291. The molecule has 2 nitrogen and oxygen atoms in total. The van der Waals surface area contributed by atoms with Crippen molar-refractivity contribution in [3.8, 4) is 5.75 Å². The van der Waals surface area contributed by atoms with Crippen LogP contribution in [0.5, 0.6) is 5.75 Å². The Morgan fingerprint density at radius 1 is 0.857 bits per heavy atom. The fourth-order valence-electron chi connectivity index (χ4n) is 2.37. The van der Waals surface area contributed by atoms with Crippen LogP contribution in [0.15, 0.2) is 24.3 Å². The molecule has 0 aliphatic rings. The van der Waals surface area contributed by atoms with Crippen molar-refractivity contribution in [2.24, 2.45) is 0 Å². The summed E-state index contributed by atoms with van der Waals surface area (Å²) in [5.74, 6) is 0.545. The molecule has 0 spiro atoms. The molecule has 0 N–H and O–H groups in total. The molecule has 0 bridgehead atoms. The fourth-order valence-corrected chi connectivity index (χ4v) is 2.37. The van der Waals surface area contributed by atoms with Gasteiger partial charge in [-0.2, -0.15) is 0 Å². The summed E-state index contributed by atoms with van der Waals surface area (Å²) in [6.07, 6.45) is 11.9. The number of unbranched alkanes of at least 4 members (excludes halogenated alkanes) is 8. The van der Waals surface area contributed by atoms with Gasteiger partial charge in [0.1, 0.15) is 5.75 Å². The second-order valence-electron chi connectivity index (χ2n) is 5.87. The highest BCUT2D eigenvalue weighted by Crippen LogP contribution is 2.14. The zero-order chi connectivity index (χ0) is 15.3. The Morgan fingerprint density at radius 3 is 1.95 bits per heavy atom. The maximum Gasteiger partial charge on any atom is 0.311 e. The van der Waals surface area contributed by atoms with E-state index in [1.165, 1.54) is 50.5 Å². The van der Waals surface area contributed by atoms with Crippen LogP contribution in [0.25, 0.3) is 0 Å². The number of hydrogen-bond acceptors (Lipinski definition) is 2. The molecule has 0 aromatic heterocycles. The molecule has 2 heteroatoms. The van der Waals surface area contributed by atoms with Crippen LogP contribution in [0.3, 0.4) is 0 Å². The number of rotatable bonds is 11. The van der Waals surface area contributed by atoms with Crippen molar-refractivity contribution in [2.75, 3.05) is 0 Å². The third kappa shape index (κ3) is 9.28. The summed E-state index contributed by atoms with van der Waals surface area (Å²) in [6.45, 7) is 4.27.